The number of aliphatic hydroxyl groups excluding tert-OH is 1. The number of furan rings is 1. The highest BCUT2D eigenvalue weighted by Crippen LogP contribution is 2.25. The Kier molecular flexibility index (Phi) is 4.14. The monoisotopic (exact) mass is 342 g/mol. The summed E-state index contributed by atoms with van der Waals surface area (Å²) in [7, 11) is 0. The molecule has 1 aliphatic heterocycles. The van der Waals surface area contributed by atoms with Crippen molar-refractivity contribution in [3.8, 4) is 0 Å². The van der Waals surface area contributed by atoms with E-state index in [0.717, 1.165) is 32.4 Å². The normalized spacial score (nSPS) is 28.0. The minimum atomic E-state index is -0.196. The number of amides is 1. The lowest BCUT2D eigenvalue weighted by molar-refractivity contribution is 0.0301. The van der Waals surface area contributed by atoms with Crippen LogP contribution in [0.25, 0.3) is 0 Å². The molecular formula is C14H19BrN2O3. The number of rotatable bonds is 2. The number of hydrogen-bond acceptors (Lipinski definition) is 4. The highest BCUT2D eigenvalue weighted by molar-refractivity contribution is 9.10. The van der Waals surface area contributed by atoms with Gasteiger partial charge in [0.2, 0.25) is 0 Å². The third-order valence-corrected chi connectivity index (χ3v) is 4.72. The summed E-state index contributed by atoms with van der Waals surface area (Å²) in [5.41, 5.74) is 0. The first-order valence-electron chi connectivity index (χ1n) is 7.12. The average molecular weight is 343 g/mol. The summed E-state index contributed by atoms with van der Waals surface area (Å²) in [5.74, 6) is 0.327. The van der Waals surface area contributed by atoms with Gasteiger partial charge in [-0.3, -0.25) is 9.69 Å². The van der Waals surface area contributed by atoms with E-state index in [2.05, 4.69) is 20.8 Å². The molecule has 0 spiro atoms. The Morgan fingerprint density at radius 2 is 2.00 bits per heavy atom. The standard InChI is InChI=1S/C14H19BrN2O3/c15-13-5-4-12(20-13)14(19)17-8-6-16(7-9-17)10-2-1-3-11(10)18/h4-5,10-11,18H,1-3,6-9H2/t10-,11+/m1/s1. The van der Waals surface area contributed by atoms with Crippen LogP contribution in [-0.2, 0) is 0 Å². The molecule has 0 aromatic carbocycles. The van der Waals surface area contributed by atoms with Crippen molar-refractivity contribution < 1.29 is 14.3 Å². The van der Waals surface area contributed by atoms with E-state index in [1.165, 1.54) is 0 Å². The van der Waals surface area contributed by atoms with Crippen LogP contribution in [0.5, 0.6) is 0 Å². The van der Waals surface area contributed by atoms with E-state index in [0.29, 0.717) is 23.5 Å². The zero-order valence-corrected chi connectivity index (χ0v) is 12.9. The van der Waals surface area contributed by atoms with Crippen molar-refractivity contribution >= 4 is 21.8 Å². The van der Waals surface area contributed by atoms with Gasteiger partial charge in [-0.25, -0.2) is 0 Å². The number of piperazine rings is 1. The van der Waals surface area contributed by atoms with E-state index in [-0.39, 0.29) is 18.1 Å². The minimum Gasteiger partial charge on any atom is -0.444 e. The van der Waals surface area contributed by atoms with Crippen molar-refractivity contribution in [1.29, 1.82) is 0 Å². The summed E-state index contributed by atoms with van der Waals surface area (Å²) >= 11 is 3.21. The Labute approximate surface area is 126 Å². The maximum atomic E-state index is 12.2. The summed E-state index contributed by atoms with van der Waals surface area (Å²) in [6.07, 6.45) is 2.88. The van der Waals surface area contributed by atoms with Crippen LogP contribution < -0.4 is 0 Å². The zero-order chi connectivity index (χ0) is 14.1. The minimum absolute atomic E-state index is 0.0534. The maximum Gasteiger partial charge on any atom is 0.289 e. The Balaban J connectivity index is 1.57. The van der Waals surface area contributed by atoms with Crippen molar-refractivity contribution in [2.45, 2.75) is 31.4 Å². The molecule has 1 N–H and O–H groups in total. The fourth-order valence-corrected chi connectivity index (χ4v) is 3.50. The smallest absolute Gasteiger partial charge is 0.289 e. The van der Waals surface area contributed by atoms with E-state index in [4.69, 9.17) is 4.42 Å². The number of carbonyl (C=O) groups is 1. The molecule has 1 amide bonds. The Hall–Kier alpha value is -0.850. The first-order valence-corrected chi connectivity index (χ1v) is 7.91. The van der Waals surface area contributed by atoms with Gasteiger partial charge in [0.05, 0.1) is 6.10 Å². The molecule has 2 atom stereocenters. The maximum absolute atomic E-state index is 12.2. The number of halogens is 1. The topological polar surface area (TPSA) is 56.9 Å². The zero-order valence-electron chi connectivity index (χ0n) is 11.3. The van der Waals surface area contributed by atoms with Gasteiger partial charge in [0.1, 0.15) is 0 Å². The van der Waals surface area contributed by atoms with E-state index in [9.17, 15) is 9.90 Å². The predicted octanol–water partition coefficient (Wildman–Crippen LogP) is 1.71. The first kappa shape index (κ1) is 14.1. The van der Waals surface area contributed by atoms with Crippen molar-refractivity contribution in [3.63, 3.8) is 0 Å². The van der Waals surface area contributed by atoms with Gasteiger partial charge in [-0.1, -0.05) is 0 Å². The van der Waals surface area contributed by atoms with Gasteiger partial charge < -0.3 is 14.4 Å². The van der Waals surface area contributed by atoms with E-state index in [1.54, 1.807) is 12.1 Å². The molecule has 0 unspecified atom stereocenters. The molecule has 2 fully saturated rings. The molecule has 6 heteroatoms. The van der Waals surface area contributed by atoms with Crippen LogP contribution in [0.1, 0.15) is 29.8 Å². The molecule has 1 aromatic rings. The molecule has 0 bridgehead atoms. The summed E-state index contributed by atoms with van der Waals surface area (Å²) in [5, 5.41) is 9.95. The second-order valence-corrected chi connectivity index (χ2v) is 6.28. The molecule has 110 valence electrons. The van der Waals surface area contributed by atoms with Crippen LogP contribution in [0.15, 0.2) is 21.2 Å². The third kappa shape index (κ3) is 2.77. The number of carbonyl (C=O) groups excluding carboxylic acids is 1. The van der Waals surface area contributed by atoms with Crippen molar-refractivity contribution in [3.05, 3.63) is 22.6 Å². The van der Waals surface area contributed by atoms with Gasteiger partial charge in [-0.2, -0.15) is 0 Å². The summed E-state index contributed by atoms with van der Waals surface area (Å²) in [4.78, 5) is 16.4. The molecule has 2 aliphatic rings. The Bertz CT molecular complexity index is 483. The lowest BCUT2D eigenvalue weighted by atomic mass is 10.1. The lowest BCUT2D eigenvalue weighted by Crippen LogP contribution is -2.53. The van der Waals surface area contributed by atoms with Crippen molar-refractivity contribution in [2.24, 2.45) is 0 Å². The highest BCUT2D eigenvalue weighted by Gasteiger charge is 2.33. The predicted molar refractivity (Wildman–Crippen MR) is 77.5 cm³/mol. The van der Waals surface area contributed by atoms with E-state index < -0.39 is 0 Å². The quantitative estimate of drug-likeness (QED) is 0.888. The number of hydrogen-bond donors (Lipinski definition) is 1. The van der Waals surface area contributed by atoms with Gasteiger partial charge in [-0.15, -0.1) is 0 Å². The molecule has 5 nitrogen and oxygen atoms in total. The third-order valence-electron chi connectivity index (χ3n) is 4.30. The summed E-state index contributed by atoms with van der Waals surface area (Å²) in [6.45, 7) is 3.05. The van der Waals surface area contributed by atoms with Crippen LogP contribution in [0.2, 0.25) is 0 Å². The highest BCUT2D eigenvalue weighted by atomic mass is 79.9. The molecule has 1 saturated carbocycles. The SMILES string of the molecule is O=C(c1ccc(Br)o1)N1CCN([C@@H]2CCC[C@@H]2O)CC1. The molecule has 1 aromatic heterocycles. The molecule has 20 heavy (non-hydrogen) atoms. The van der Waals surface area contributed by atoms with Gasteiger partial charge in [0, 0.05) is 32.2 Å². The fourth-order valence-electron chi connectivity index (χ4n) is 3.19. The molecule has 3 rings (SSSR count). The van der Waals surface area contributed by atoms with Crippen LogP contribution >= 0.6 is 15.9 Å². The molecule has 2 heterocycles. The van der Waals surface area contributed by atoms with Crippen molar-refractivity contribution in [1.82, 2.24) is 9.80 Å². The van der Waals surface area contributed by atoms with E-state index in [1.807, 2.05) is 4.90 Å². The van der Waals surface area contributed by atoms with Gasteiger partial charge in [0.15, 0.2) is 10.4 Å². The van der Waals surface area contributed by atoms with Gasteiger partial charge in [0.25, 0.3) is 5.91 Å². The summed E-state index contributed by atoms with van der Waals surface area (Å²) < 4.78 is 5.89. The Morgan fingerprint density at radius 3 is 2.55 bits per heavy atom. The van der Waals surface area contributed by atoms with Gasteiger partial charge >= 0.3 is 0 Å². The molecule has 1 saturated heterocycles. The van der Waals surface area contributed by atoms with Crippen LogP contribution in [-0.4, -0.2) is 59.1 Å². The molecule has 0 radical (unpaired) electrons. The van der Waals surface area contributed by atoms with Crippen LogP contribution in [0.4, 0.5) is 0 Å². The fraction of sp³-hybridized carbons (Fsp3) is 0.643. The van der Waals surface area contributed by atoms with Crippen LogP contribution in [0, 0.1) is 0 Å². The van der Waals surface area contributed by atoms with E-state index >= 15 is 0 Å². The number of nitrogens with zero attached hydrogens (tertiary/aromatic N) is 2. The average Bonchev–Trinajstić information content (AvgIpc) is 3.07. The first-order chi connectivity index (χ1) is 9.65. The lowest BCUT2D eigenvalue weighted by Gasteiger charge is -2.38. The second-order valence-electron chi connectivity index (χ2n) is 5.50. The van der Waals surface area contributed by atoms with Gasteiger partial charge in [-0.05, 0) is 47.3 Å². The van der Waals surface area contributed by atoms with Crippen LogP contribution in [0.3, 0.4) is 0 Å². The number of aliphatic hydroxyl groups is 1. The Morgan fingerprint density at radius 1 is 1.25 bits per heavy atom. The summed E-state index contributed by atoms with van der Waals surface area (Å²) in [6, 6.07) is 3.71. The molecular weight excluding hydrogens is 324 g/mol. The second kappa shape index (κ2) is 5.87. The largest absolute Gasteiger partial charge is 0.444 e. The molecule has 1 aliphatic carbocycles. The van der Waals surface area contributed by atoms with Crippen molar-refractivity contribution in [2.75, 3.05) is 26.2 Å².